The molecular formula is C17H27N3O. The minimum atomic E-state index is -0.120. The summed E-state index contributed by atoms with van der Waals surface area (Å²) in [6.45, 7) is 4.31. The van der Waals surface area contributed by atoms with Gasteiger partial charge in [-0.15, -0.1) is 0 Å². The first-order valence-corrected chi connectivity index (χ1v) is 8.69. The minimum Gasteiger partial charge on any atom is -0.338 e. The van der Waals surface area contributed by atoms with E-state index >= 15 is 0 Å². The molecule has 2 unspecified atom stereocenters. The van der Waals surface area contributed by atoms with Crippen molar-refractivity contribution >= 4 is 0 Å². The van der Waals surface area contributed by atoms with Crippen LogP contribution in [0.15, 0.2) is 4.52 Å². The van der Waals surface area contributed by atoms with Crippen molar-refractivity contribution < 1.29 is 4.52 Å². The maximum absolute atomic E-state index is 6.26. The lowest BCUT2D eigenvalue weighted by Gasteiger charge is -2.55. The number of nitrogens with zero attached hydrogens (tertiary/aromatic N) is 2. The van der Waals surface area contributed by atoms with Crippen molar-refractivity contribution in [3.05, 3.63) is 11.7 Å². The standard InChI is InChI=1S/C17H27N3O/c1-3-10(2)14(18)15-19-16(20-21-15)17-7-11-4-12(8-17)6-13(5-11)9-17/h10-14H,3-9,18H2,1-2H3. The maximum Gasteiger partial charge on any atom is 0.243 e. The van der Waals surface area contributed by atoms with Gasteiger partial charge in [0.15, 0.2) is 5.82 Å². The Labute approximate surface area is 126 Å². The highest BCUT2D eigenvalue weighted by molar-refractivity contribution is 5.17. The highest BCUT2D eigenvalue weighted by atomic mass is 16.5. The van der Waals surface area contributed by atoms with E-state index in [-0.39, 0.29) is 11.5 Å². The largest absolute Gasteiger partial charge is 0.338 e. The molecule has 1 heterocycles. The Balaban J connectivity index is 1.61. The Kier molecular flexibility index (Phi) is 3.14. The Morgan fingerprint density at radius 3 is 2.29 bits per heavy atom. The molecule has 4 nitrogen and oxygen atoms in total. The zero-order valence-corrected chi connectivity index (χ0v) is 13.2. The molecule has 4 aliphatic rings. The summed E-state index contributed by atoms with van der Waals surface area (Å²) >= 11 is 0. The zero-order valence-electron chi connectivity index (χ0n) is 13.2. The van der Waals surface area contributed by atoms with E-state index < -0.39 is 0 Å². The third-order valence-electron chi connectivity index (χ3n) is 6.50. The first kappa shape index (κ1) is 13.7. The van der Waals surface area contributed by atoms with Crippen LogP contribution in [0.5, 0.6) is 0 Å². The first-order chi connectivity index (χ1) is 10.1. The van der Waals surface area contributed by atoms with E-state index in [2.05, 4.69) is 19.0 Å². The van der Waals surface area contributed by atoms with Gasteiger partial charge in [0.25, 0.3) is 0 Å². The third kappa shape index (κ3) is 2.14. The lowest BCUT2D eigenvalue weighted by molar-refractivity contribution is -0.0103. The molecular weight excluding hydrogens is 262 g/mol. The van der Waals surface area contributed by atoms with Gasteiger partial charge in [-0.25, -0.2) is 0 Å². The molecule has 1 aromatic rings. The van der Waals surface area contributed by atoms with Crippen LogP contribution in [0, 0.1) is 23.7 Å². The molecule has 2 atom stereocenters. The fourth-order valence-electron chi connectivity index (χ4n) is 5.47. The minimum absolute atomic E-state index is 0.120. The summed E-state index contributed by atoms with van der Waals surface area (Å²) in [6, 6.07) is -0.120. The lowest BCUT2D eigenvalue weighted by atomic mass is 9.49. The van der Waals surface area contributed by atoms with Crippen LogP contribution in [0.2, 0.25) is 0 Å². The van der Waals surface area contributed by atoms with Gasteiger partial charge in [-0.3, -0.25) is 0 Å². The van der Waals surface area contributed by atoms with Crippen LogP contribution in [0.1, 0.15) is 76.6 Å². The predicted octanol–water partition coefficient (Wildman–Crippen LogP) is 3.58. The molecule has 4 saturated carbocycles. The van der Waals surface area contributed by atoms with E-state index in [0.29, 0.717) is 11.8 Å². The summed E-state index contributed by atoms with van der Waals surface area (Å²) in [4.78, 5) is 4.77. The van der Waals surface area contributed by atoms with Gasteiger partial charge in [0, 0.05) is 5.41 Å². The molecule has 0 radical (unpaired) electrons. The fourth-order valence-corrected chi connectivity index (χ4v) is 5.47. The van der Waals surface area contributed by atoms with E-state index in [1.165, 1.54) is 38.5 Å². The smallest absolute Gasteiger partial charge is 0.243 e. The highest BCUT2D eigenvalue weighted by Gasteiger charge is 2.53. The zero-order chi connectivity index (χ0) is 14.6. The van der Waals surface area contributed by atoms with E-state index in [1.807, 2.05) is 0 Å². The summed E-state index contributed by atoms with van der Waals surface area (Å²) in [5, 5.41) is 4.38. The molecule has 4 fully saturated rings. The van der Waals surface area contributed by atoms with Gasteiger partial charge in [-0.1, -0.05) is 25.4 Å². The highest BCUT2D eigenvalue weighted by Crippen LogP contribution is 2.60. The van der Waals surface area contributed by atoms with Gasteiger partial charge in [-0.05, 0) is 62.2 Å². The van der Waals surface area contributed by atoms with Crippen LogP contribution in [-0.2, 0) is 5.41 Å². The van der Waals surface area contributed by atoms with E-state index in [4.69, 9.17) is 15.2 Å². The van der Waals surface area contributed by atoms with Crippen molar-refractivity contribution in [2.75, 3.05) is 0 Å². The quantitative estimate of drug-likeness (QED) is 0.920. The summed E-state index contributed by atoms with van der Waals surface area (Å²) in [7, 11) is 0. The molecule has 0 saturated heterocycles. The number of aromatic nitrogens is 2. The number of nitrogens with two attached hydrogens (primary N) is 1. The van der Waals surface area contributed by atoms with Crippen molar-refractivity contribution in [2.24, 2.45) is 29.4 Å². The Hall–Kier alpha value is -0.900. The lowest BCUT2D eigenvalue weighted by Crippen LogP contribution is -2.49. The van der Waals surface area contributed by atoms with Gasteiger partial charge in [0.2, 0.25) is 5.89 Å². The summed E-state index contributed by atoms with van der Waals surface area (Å²) in [5.41, 5.74) is 6.47. The van der Waals surface area contributed by atoms with Crippen LogP contribution in [0.4, 0.5) is 0 Å². The molecule has 0 aromatic carbocycles. The average molecular weight is 289 g/mol. The Morgan fingerprint density at radius 2 is 1.76 bits per heavy atom. The number of hydrogen-bond donors (Lipinski definition) is 1. The number of hydrogen-bond acceptors (Lipinski definition) is 4. The van der Waals surface area contributed by atoms with Crippen LogP contribution >= 0.6 is 0 Å². The van der Waals surface area contributed by atoms with Crippen molar-refractivity contribution in [2.45, 2.75) is 70.3 Å². The molecule has 4 aliphatic carbocycles. The third-order valence-corrected chi connectivity index (χ3v) is 6.50. The van der Waals surface area contributed by atoms with Crippen molar-refractivity contribution in [1.82, 2.24) is 10.1 Å². The van der Waals surface area contributed by atoms with Crippen LogP contribution in [-0.4, -0.2) is 10.1 Å². The van der Waals surface area contributed by atoms with Crippen molar-refractivity contribution in [3.8, 4) is 0 Å². The van der Waals surface area contributed by atoms with Gasteiger partial charge in [0.05, 0.1) is 6.04 Å². The van der Waals surface area contributed by atoms with Crippen LogP contribution in [0.3, 0.4) is 0 Å². The summed E-state index contributed by atoms with van der Waals surface area (Å²) in [6.07, 6.45) is 9.18. The Bertz CT molecular complexity index is 489. The topological polar surface area (TPSA) is 64.9 Å². The second-order valence-corrected chi connectivity index (χ2v) is 8.07. The van der Waals surface area contributed by atoms with Crippen molar-refractivity contribution in [1.29, 1.82) is 0 Å². The molecule has 21 heavy (non-hydrogen) atoms. The molecule has 4 heteroatoms. The maximum atomic E-state index is 6.26. The summed E-state index contributed by atoms with van der Waals surface area (Å²) < 4.78 is 5.55. The second kappa shape index (κ2) is 4.80. The SMILES string of the molecule is CCC(C)C(N)c1nc(C23CC4CC(CC(C4)C2)C3)no1. The normalized spacial score (nSPS) is 40.4. The van der Waals surface area contributed by atoms with Gasteiger partial charge >= 0.3 is 0 Å². The molecule has 0 spiro atoms. The molecule has 4 bridgehead atoms. The molecule has 0 amide bonds. The molecule has 1 aromatic heterocycles. The fraction of sp³-hybridized carbons (Fsp3) is 0.882. The Morgan fingerprint density at radius 1 is 1.19 bits per heavy atom. The average Bonchev–Trinajstić information content (AvgIpc) is 2.94. The monoisotopic (exact) mass is 289 g/mol. The molecule has 5 rings (SSSR count). The van der Waals surface area contributed by atoms with Gasteiger partial charge in [-0.2, -0.15) is 4.98 Å². The van der Waals surface area contributed by atoms with Gasteiger partial charge in [0.1, 0.15) is 0 Å². The summed E-state index contributed by atoms with van der Waals surface area (Å²) in [5.74, 6) is 4.71. The van der Waals surface area contributed by atoms with E-state index in [0.717, 1.165) is 30.0 Å². The van der Waals surface area contributed by atoms with Crippen LogP contribution < -0.4 is 5.73 Å². The van der Waals surface area contributed by atoms with Crippen LogP contribution in [0.25, 0.3) is 0 Å². The molecule has 116 valence electrons. The second-order valence-electron chi connectivity index (χ2n) is 8.07. The number of rotatable bonds is 4. The van der Waals surface area contributed by atoms with E-state index in [1.54, 1.807) is 0 Å². The first-order valence-electron chi connectivity index (χ1n) is 8.69. The van der Waals surface area contributed by atoms with E-state index in [9.17, 15) is 0 Å². The van der Waals surface area contributed by atoms with Gasteiger partial charge < -0.3 is 10.3 Å². The van der Waals surface area contributed by atoms with Crippen molar-refractivity contribution in [3.63, 3.8) is 0 Å². The molecule has 0 aliphatic heterocycles. The molecule has 2 N–H and O–H groups in total. The predicted molar refractivity (Wildman–Crippen MR) is 80.5 cm³/mol.